The average Bonchev–Trinajstić information content (AvgIpc) is 3.04. The molecule has 0 amide bonds. The summed E-state index contributed by atoms with van der Waals surface area (Å²) in [5.74, 6) is 5.28. The van der Waals surface area contributed by atoms with Gasteiger partial charge in [-0.15, -0.1) is 0 Å². The molecule has 0 N–H and O–H groups in total. The summed E-state index contributed by atoms with van der Waals surface area (Å²) in [6.45, 7) is 1.92. The minimum absolute atomic E-state index is 0.0848. The Hall–Kier alpha value is -4.20. The van der Waals surface area contributed by atoms with Crippen LogP contribution in [0.15, 0.2) is 66.7 Å². The maximum atomic E-state index is 6.93. The minimum Gasteiger partial charge on any atom is -0.497 e. The molecular weight excluding hydrogens is 552 g/mol. The second-order valence-electron chi connectivity index (χ2n) is 12.1. The fourth-order valence-corrected chi connectivity index (χ4v) is 7.03. The van der Waals surface area contributed by atoms with Gasteiger partial charge in [-0.05, 0) is 110 Å². The van der Waals surface area contributed by atoms with E-state index in [0.717, 1.165) is 73.1 Å². The van der Waals surface area contributed by atoms with Crippen molar-refractivity contribution in [2.75, 3.05) is 48.5 Å². The Labute approximate surface area is 259 Å². The van der Waals surface area contributed by atoms with Crippen molar-refractivity contribution < 1.29 is 23.7 Å². The fourth-order valence-electron chi connectivity index (χ4n) is 7.03. The standard InChI is InChI=1S/C37H40N2O5/c1-38-14-12-25-20-33(42-5)35-22-29(25)30(38)16-23-6-9-27(10-7-23)43-34-18-24(8-11-32(34)41-4)17-31-37-26(13-15-39(31)2)19-28(40-3)21-36(37)44-35/h6-11,18-22,30-31H,12-17H2,1-5H3/t30-,31-/m0/s1. The van der Waals surface area contributed by atoms with E-state index >= 15 is 0 Å². The Morgan fingerprint density at radius 1 is 0.614 bits per heavy atom. The van der Waals surface area contributed by atoms with Crippen molar-refractivity contribution >= 4 is 0 Å². The summed E-state index contributed by atoms with van der Waals surface area (Å²) in [7, 11) is 9.52. The van der Waals surface area contributed by atoms with Crippen molar-refractivity contribution in [3.63, 3.8) is 0 Å². The number of likely N-dealkylation sites (N-methyl/N-ethyl adjacent to an activating group) is 2. The number of fused-ring (bicyclic) bond motifs is 2. The molecule has 4 aromatic rings. The van der Waals surface area contributed by atoms with Crippen LogP contribution in [0.1, 0.15) is 45.5 Å². The van der Waals surface area contributed by atoms with E-state index in [-0.39, 0.29) is 12.1 Å². The highest BCUT2D eigenvalue weighted by Crippen LogP contribution is 2.46. The summed E-state index contributed by atoms with van der Waals surface area (Å²) in [6.07, 6.45) is 3.53. The lowest BCUT2D eigenvalue weighted by atomic mass is 9.87. The van der Waals surface area contributed by atoms with Crippen LogP contribution in [-0.4, -0.2) is 58.3 Å². The van der Waals surface area contributed by atoms with Gasteiger partial charge in [-0.2, -0.15) is 0 Å². The number of hydrogen-bond acceptors (Lipinski definition) is 7. The van der Waals surface area contributed by atoms with Crippen LogP contribution >= 0.6 is 0 Å². The Morgan fingerprint density at radius 2 is 1.30 bits per heavy atom. The Balaban J connectivity index is 1.43. The van der Waals surface area contributed by atoms with Gasteiger partial charge in [0.05, 0.1) is 21.3 Å². The normalized spacial score (nSPS) is 19.6. The van der Waals surface area contributed by atoms with E-state index in [2.05, 4.69) is 78.5 Å². The van der Waals surface area contributed by atoms with Crippen molar-refractivity contribution in [1.82, 2.24) is 9.80 Å². The van der Waals surface area contributed by atoms with Crippen LogP contribution in [0.5, 0.6) is 40.2 Å². The van der Waals surface area contributed by atoms with Gasteiger partial charge in [0.25, 0.3) is 0 Å². The third-order valence-electron chi connectivity index (χ3n) is 9.54. The highest BCUT2D eigenvalue weighted by atomic mass is 16.5. The molecule has 4 aromatic carbocycles. The molecule has 0 saturated heterocycles. The van der Waals surface area contributed by atoms with E-state index in [1.807, 2.05) is 12.1 Å². The summed E-state index contributed by atoms with van der Waals surface area (Å²) in [6, 6.07) is 23.5. The number of benzene rings is 4. The molecule has 4 heterocycles. The van der Waals surface area contributed by atoms with Crippen molar-refractivity contribution in [3.05, 3.63) is 100 Å². The highest BCUT2D eigenvalue weighted by Gasteiger charge is 2.32. The molecule has 0 fully saturated rings. The van der Waals surface area contributed by atoms with Gasteiger partial charge in [0.1, 0.15) is 17.2 Å². The van der Waals surface area contributed by atoms with Gasteiger partial charge in [-0.3, -0.25) is 9.80 Å². The van der Waals surface area contributed by atoms with Gasteiger partial charge >= 0.3 is 0 Å². The zero-order valence-corrected chi connectivity index (χ0v) is 26.2. The lowest BCUT2D eigenvalue weighted by Gasteiger charge is -2.37. The predicted octanol–water partition coefficient (Wildman–Crippen LogP) is 7.15. The van der Waals surface area contributed by atoms with Gasteiger partial charge in [-0.25, -0.2) is 0 Å². The molecule has 8 rings (SSSR count). The molecular formula is C37H40N2O5. The maximum Gasteiger partial charge on any atom is 0.169 e. The molecule has 0 aromatic heterocycles. The molecule has 2 atom stereocenters. The minimum atomic E-state index is 0.0848. The van der Waals surface area contributed by atoms with Crippen molar-refractivity contribution in [1.29, 1.82) is 0 Å². The molecule has 4 aliphatic heterocycles. The lowest BCUT2D eigenvalue weighted by Crippen LogP contribution is -2.34. The monoisotopic (exact) mass is 592 g/mol. The Bertz CT molecular complexity index is 1680. The number of methoxy groups -OCH3 is 3. The number of hydrogen-bond donors (Lipinski definition) is 0. The summed E-state index contributed by atoms with van der Waals surface area (Å²) in [5.41, 5.74) is 7.42. The topological polar surface area (TPSA) is 52.6 Å². The molecule has 0 radical (unpaired) electrons. The van der Waals surface area contributed by atoms with E-state index in [9.17, 15) is 0 Å². The summed E-state index contributed by atoms with van der Waals surface area (Å²) in [5, 5.41) is 0. The summed E-state index contributed by atoms with van der Waals surface area (Å²) >= 11 is 0. The van der Waals surface area contributed by atoms with Crippen molar-refractivity contribution in [2.24, 2.45) is 0 Å². The van der Waals surface area contributed by atoms with E-state index in [1.165, 1.54) is 27.8 Å². The molecule has 0 saturated carbocycles. The SMILES string of the molecule is COc1cc2c3c(c1)Oc1cc4c(cc1OC)CCN(C)[C@H]4Cc1ccc(cc1)Oc1cc(ccc1OC)C[C@@H]3N(C)CC2. The Morgan fingerprint density at radius 3 is 2.05 bits per heavy atom. The van der Waals surface area contributed by atoms with Crippen molar-refractivity contribution in [2.45, 2.75) is 37.8 Å². The van der Waals surface area contributed by atoms with E-state index < -0.39 is 0 Å². The molecule has 0 aliphatic carbocycles. The number of rotatable bonds is 3. The summed E-state index contributed by atoms with van der Waals surface area (Å²) in [4.78, 5) is 4.86. The first kappa shape index (κ1) is 28.6. The van der Waals surface area contributed by atoms with Gasteiger partial charge in [0.15, 0.2) is 23.0 Å². The third kappa shape index (κ3) is 5.24. The van der Waals surface area contributed by atoms with Crippen LogP contribution < -0.4 is 23.7 Å². The molecule has 6 bridgehead atoms. The maximum absolute atomic E-state index is 6.93. The van der Waals surface area contributed by atoms with E-state index in [0.29, 0.717) is 11.5 Å². The second kappa shape index (κ2) is 11.7. The fraction of sp³-hybridized carbons (Fsp3) is 0.351. The van der Waals surface area contributed by atoms with Gasteiger partial charge in [0.2, 0.25) is 0 Å². The predicted molar refractivity (Wildman–Crippen MR) is 171 cm³/mol. The lowest BCUT2D eigenvalue weighted by molar-refractivity contribution is 0.222. The van der Waals surface area contributed by atoms with Gasteiger partial charge in [-0.1, -0.05) is 18.2 Å². The molecule has 0 spiro atoms. The molecule has 0 unspecified atom stereocenters. The van der Waals surface area contributed by atoms with E-state index in [1.54, 1.807) is 21.3 Å². The van der Waals surface area contributed by atoms with Crippen LogP contribution in [0.2, 0.25) is 0 Å². The quantitative estimate of drug-likeness (QED) is 0.250. The van der Waals surface area contributed by atoms with Crippen LogP contribution in [0.4, 0.5) is 0 Å². The molecule has 44 heavy (non-hydrogen) atoms. The number of ether oxygens (including phenoxy) is 5. The first-order chi connectivity index (χ1) is 21.4. The summed E-state index contributed by atoms with van der Waals surface area (Å²) < 4.78 is 30.8. The van der Waals surface area contributed by atoms with E-state index in [4.69, 9.17) is 23.7 Å². The first-order valence-electron chi connectivity index (χ1n) is 15.4. The average molecular weight is 593 g/mol. The molecule has 7 nitrogen and oxygen atoms in total. The third-order valence-corrected chi connectivity index (χ3v) is 9.54. The highest BCUT2D eigenvalue weighted by molar-refractivity contribution is 5.56. The van der Waals surface area contributed by atoms with Crippen LogP contribution in [0.3, 0.4) is 0 Å². The molecule has 228 valence electrons. The zero-order valence-electron chi connectivity index (χ0n) is 26.2. The van der Waals surface area contributed by atoms with Crippen LogP contribution in [0.25, 0.3) is 0 Å². The van der Waals surface area contributed by atoms with Gasteiger partial charge < -0.3 is 23.7 Å². The second-order valence-corrected chi connectivity index (χ2v) is 12.1. The first-order valence-corrected chi connectivity index (χ1v) is 15.4. The van der Waals surface area contributed by atoms with Crippen molar-refractivity contribution in [3.8, 4) is 40.2 Å². The smallest absolute Gasteiger partial charge is 0.169 e. The van der Waals surface area contributed by atoms with Crippen LogP contribution in [-0.2, 0) is 25.7 Å². The largest absolute Gasteiger partial charge is 0.497 e. The molecule has 4 aliphatic rings. The molecule has 7 heteroatoms. The van der Waals surface area contributed by atoms with Crippen LogP contribution in [0, 0.1) is 0 Å². The zero-order chi connectivity index (χ0) is 30.4. The van der Waals surface area contributed by atoms with Gasteiger partial charge in [0, 0.05) is 36.8 Å². The Kier molecular flexibility index (Phi) is 7.60. The number of nitrogens with zero attached hydrogens (tertiary/aromatic N) is 2.